The van der Waals surface area contributed by atoms with Gasteiger partial charge in [0.05, 0.1) is 5.92 Å². The van der Waals surface area contributed by atoms with Crippen LogP contribution in [0.15, 0.2) is 12.2 Å². The number of hydrogen-bond donors (Lipinski definition) is 2. The van der Waals surface area contributed by atoms with Crippen molar-refractivity contribution < 1.29 is 19.1 Å². The number of allylic oxidation sites excluding steroid dienone is 2. The topological polar surface area (TPSA) is 84.5 Å². The number of carbonyl (C=O) groups excluding carboxylic acids is 3. The number of esters is 1. The Balaban J connectivity index is 2.42. The van der Waals surface area contributed by atoms with Crippen molar-refractivity contribution in [2.24, 2.45) is 5.92 Å². The molecule has 0 heterocycles. The maximum absolute atomic E-state index is 11.9. The number of rotatable bonds is 3. The molecule has 0 radical (unpaired) electrons. The molecule has 6 nitrogen and oxygen atoms in total. The van der Waals surface area contributed by atoms with Crippen molar-refractivity contribution in [3.05, 3.63) is 12.2 Å². The lowest BCUT2D eigenvalue weighted by Gasteiger charge is -2.22. The van der Waals surface area contributed by atoms with Crippen molar-refractivity contribution in [3.63, 3.8) is 0 Å². The van der Waals surface area contributed by atoms with Gasteiger partial charge >= 0.3 is 12.0 Å². The van der Waals surface area contributed by atoms with Crippen LogP contribution in [0.1, 0.15) is 47.0 Å². The fourth-order valence-electron chi connectivity index (χ4n) is 1.92. The largest absolute Gasteiger partial charge is 0.452 e. The summed E-state index contributed by atoms with van der Waals surface area (Å²) in [5, 5.41) is 4.77. The molecular weight excluding hydrogens is 272 g/mol. The molecule has 0 aromatic rings. The molecule has 1 aliphatic rings. The van der Waals surface area contributed by atoms with E-state index >= 15 is 0 Å². The van der Waals surface area contributed by atoms with Crippen molar-refractivity contribution in [1.82, 2.24) is 10.6 Å². The monoisotopic (exact) mass is 296 g/mol. The van der Waals surface area contributed by atoms with E-state index in [1.807, 2.05) is 12.2 Å². The molecule has 3 amide bonds. The Morgan fingerprint density at radius 3 is 2.43 bits per heavy atom. The van der Waals surface area contributed by atoms with Crippen molar-refractivity contribution >= 4 is 17.9 Å². The van der Waals surface area contributed by atoms with Gasteiger partial charge in [-0.05, 0) is 47.0 Å². The first-order valence-electron chi connectivity index (χ1n) is 7.17. The predicted molar refractivity (Wildman–Crippen MR) is 78.5 cm³/mol. The van der Waals surface area contributed by atoms with Crippen LogP contribution in [0.2, 0.25) is 0 Å². The molecule has 0 unspecified atom stereocenters. The quantitative estimate of drug-likeness (QED) is 0.615. The molecule has 0 aromatic heterocycles. The Labute approximate surface area is 125 Å². The van der Waals surface area contributed by atoms with Crippen LogP contribution in [-0.4, -0.2) is 29.6 Å². The van der Waals surface area contributed by atoms with Crippen molar-refractivity contribution in [3.8, 4) is 0 Å². The van der Waals surface area contributed by atoms with Crippen LogP contribution in [-0.2, 0) is 14.3 Å². The highest BCUT2D eigenvalue weighted by Crippen LogP contribution is 2.20. The van der Waals surface area contributed by atoms with Crippen molar-refractivity contribution in [2.45, 2.75) is 58.6 Å². The van der Waals surface area contributed by atoms with Gasteiger partial charge in [-0.25, -0.2) is 4.79 Å². The maximum atomic E-state index is 11.9. The summed E-state index contributed by atoms with van der Waals surface area (Å²) in [5.74, 6) is -1.22. The smallest absolute Gasteiger partial charge is 0.321 e. The highest BCUT2D eigenvalue weighted by Gasteiger charge is 2.26. The Kier molecular flexibility index (Phi) is 5.93. The summed E-state index contributed by atoms with van der Waals surface area (Å²) in [6.07, 6.45) is 5.18. The molecule has 0 bridgehead atoms. The fraction of sp³-hybridized carbons (Fsp3) is 0.667. The third kappa shape index (κ3) is 6.42. The van der Waals surface area contributed by atoms with E-state index in [4.69, 9.17) is 4.74 Å². The normalized spacial score (nSPS) is 19.5. The number of amides is 3. The zero-order valence-electron chi connectivity index (χ0n) is 13.1. The van der Waals surface area contributed by atoms with Crippen LogP contribution >= 0.6 is 0 Å². The van der Waals surface area contributed by atoms with Crippen LogP contribution in [0, 0.1) is 5.92 Å². The van der Waals surface area contributed by atoms with E-state index in [2.05, 4.69) is 10.6 Å². The molecule has 0 aromatic carbocycles. The van der Waals surface area contributed by atoms with Gasteiger partial charge in [-0.2, -0.15) is 0 Å². The van der Waals surface area contributed by atoms with E-state index in [-0.39, 0.29) is 5.92 Å². The van der Waals surface area contributed by atoms with E-state index in [9.17, 15) is 14.4 Å². The molecule has 1 aliphatic carbocycles. The second-order valence-corrected chi connectivity index (χ2v) is 6.25. The Morgan fingerprint density at radius 1 is 1.24 bits per heavy atom. The molecular formula is C15H24N2O4. The molecule has 0 spiro atoms. The standard InChI is InChI=1S/C15H24N2O4/c1-10(12(18)16-14(20)17-15(2,3)4)21-13(19)11-8-6-5-7-9-11/h5-6,10-11H,7-9H2,1-4H3,(H2,16,17,18,20)/t10-,11+/m0/s1. The molecule has 0 saturated carbocycles. The molecule has 1 rings (SSSR count). The van der Waals surface area contributed by atoms with Gasteiger partial charge in [-0.1, -0.05) is 12.2 Å². The van der Waals surface area contributed by atoms with Gasteiger partial charge in [0, 0.05) is 5.54 Å². The molecule has 0 fully saturated rings. The second kappa shape index (κ2) is 7.24. The minimum absolute atomic E-state index is 0.200. The molecule has 6 heteroatoms. The second-order valence-electron chi connectivity index (χ2n) is 6.25. The number of urea groups is 1. The molecule has 21 heavy (non-hydrogen) atoms. The first-order chi connectivity index (χ1) is 9.69. The number of imide groups is 1. The minimum atomic E-state index is -0.992. The molecule has 2 N–H and O–H groups in total. The highest BCUT2D eigenvalue weighted by atomic mass is 16.5. The van der Waals surface area contributed by atoms with Crippen molar-refractivity contribution in [2.75, 3.05) is 0 Å². The third-order valence-corrected chi connectivity index (χ3v) is 2.99. The van der Waals surface area contributed by atoms with Crippen LogP contribution in [0.25, 0.3) is 0 Å². The number of ether oxygens (including phenoxy) is 1. The van der Waals surface area contributed by atoms with Gasteiger partial charge < -0.3 is 10.1 Å². The molecule has 118 valence electrons. The average Bonchev–Trinajstić information content (AvgIpc) is 2.37. The van der Waals surface area contributed by atoms with Crippen LogP contribution in [0.5, 0.6) is 0 Å². The van der Waals surface area contributed by atoms with Gasteiger partial charge in [0.15, 0.2) is 6.10 Å². The summed E-state index contributed by atoms with van der Waals surface area (Å²) in [5.41, 5.74) is -0.446. The van der Waals surface area contributed by atoms with Gasteiger partial charge in [0.2, 0.25) is 0 Å². The van der Waals surface area contributed by atoms with E-state index < -0.39 is 29.6 Å². The van der Waals surface area contributed by atoms with Gasteiger partial charge in [-0.15, -0.1) is 0 Å². The lowest BCUT2D eigenvalue weighted by molar-refractivity contribution is -0.158. The van der Waals surface area contributed by atoms with Crippen molar-refractivity contribution in [1.29, 1.82) is 0 Å². The zero-order valence-corrected chi connectivity index (χ0v) is 13.1. The van der Waals surface area contributed by atoms with Crippen LogP contribution in [0.3, 0.4) is 0 Å². The maximum Gasteiger partial charge on any atom is 0.321 e. The van der Waals surface area contributed by atoms with Gasteiger partial charge in [-0.3, -0.25) is 14.9 Å². The summed E-state index contributed by atoms with van der Waals surface area (Å²) in [7, 11) is 0. The number of nitrogens with one attached hydrogen (secondary N) is 2. The molecule has 0 aliphatic heterocycles. The third-order valence-electron chi connectivity index (χ3n) is 2.99. The minimum Gasteiger partial charge on any atom is -0.452 e. The number of carbonyl (C=O) groups is 3. The van der Waals surface area contributed by atoms with Crippen LogP contribution in [0.4, 0.5) is 4.79 Å². The first-order valence-corrected chi connectivity index (χ1v) is 7.17. The fourth-order valence-corrected chi connectivity index (χ4v) is 1.92. The summed E-state index contributed by atoms with van der Waals surface area (Å²) >= 11 is 0. The summed E-state index contributed by atoms with van der Waals surface area (Å²) in [6.45, 7) is 6.86. The SMILES string of the molecule is C[C@H](OC(=O)[C@@H]1CC=CCC1)C(=O)NC(=O)NC(C)(C)C. The first kappa shape index (κ1) is 17.2. The van der Waals surface area contributed by atoms with E-state index in [1.165, 1.54) is 6.92 Å². The van der Waals surface area contributed by atoms with Gasteiger partial charge in [0.1, 0.15) is 0 Å². The summed E-state index contributed by atoms with van der Waals surface area (Å²) < 4.78 is 5.12. The zero-order chi connectivity index (χ0) is 16.0. The highest BCUT2D eigenvalue weighted by molar-refractivity contribution is 5.97. The van der Waals surface area contributed by atoms with E-state index in [1.54, 1.807) is 20.8 Å². The summed E-state index contributed by atoms with van der Waals surface area (Å²) in [4.78, 5) is 35.3. The molecule has 0 saturated heterocycles. The molecule has 2 atom stereocenters. The lowest BCUT2D eigenvalue weighted by atomic mass is 9.95. The van der Waals surface area contributed by atoms with E-state index in [0.29, 0.717) is 6.42 Å². The Morgan fingerprint density at radius 2 is 1.90 bits per heavy atom. The number of hydrogen-bond acceptors (Lipinski definition) is 4. The summed E-state index contributed by atoms with van der Waals surface area (Å²) in [6, 6.07) is -0.601. The van der Waals surface area contributed by atoms with Crippen LogP contribution < -0.4 is 10.6 Å². The lowest BCUT2D eigenvalue weighted by Crippen LogP contribution is -2.50. The predicted octanol–water partition coefficient (Wildman–Crippen LogP) is 1.90. The van der Waals surface area contributed by atoms with Gasteiger partial charge in [0.25, 0.3) is 5.91 Å². The average molecular weight is 296 g/mol. The Hall–Kier alpha value is -1.85. The Bertz CT molecular complexity index is 437. The van der Waals surface area contributed by atoms with E-state index in [0.717, 1.165) is 12.8 Å².